The van der Waals surface area contributed by atoms with Crippen molar-refractivity contribution < 1.29 is 18.0 Å². The highest BCUT2D eigenvalue weighted by Crippen LogP contribution is 2.38. The Hall–Kier alpha value is -2.86. The lowest BCUT2D eigenvalue weighted by atomic mass is 10.0. The summed E-state index contributed by atoms with van der Waals surface area (Å²) in [6.07, 6.45) is 0.714. The molecule has 1 aliphatic rings. The van der Waals surface area contributed by atoms with Crippen molar-refractivity contribution in [3.05, 3.63) is 63.3 Å². The number of thiophene rings is 1. The Morgan fingerprint density at radius 3 is 2.24 bits per heavy atom. The zero-order chi connectivity index (χ0) is 30.1. The van der Waals surface area contributed by atoms with Crippen LogP contribution in [0.2, 0.25) is 0 Å². The van der Waals surface area contributed by atoms with E-state index in [-0.39, 0.29) is 22.6 Å². The van der Waals surface area contributed by atoms with E-state index in [0.29, 0.717) is 35.6 Å². The van der Waals surface area contributed by atoms with E-state index in [1.54, 1.807) is 0 Å². The van der Waals surface area contributed by atoms with Gasteiger partial charge in [0.25, 0.3) is 11.8 Å². The van der Waals surface area contributed by atoms with Crippen molar-refractivity contribution in [3.63, 3.8) is 0 Å². The molecule has 0 radical (unpaired) electrons. The number of aromatic nitrogens is 2. The molecule has 3 aromatic rings. The van der Waals surface area contributed by atoms with Crippen LogP contribution >= 0.6 is 11.3 Å². The van der Waals surface area contributed by atoms with Gasteiger partial charge in [0.1, 0.15) is 5.00 Å². The van der Waals surface area contributed by atoms with Crippen molar-refractivity contribution >= 4 is 38.2 Å². The van der Waals surface area contributed by atoms with E-state index in [0.717, 1.165) is 41.5 Å². The van der Waals surface area contributed by atoms with Crippen LogP contribution in [0.4, 0.5) is 5.00 Å². The molecule has 0 atom stereocenters. The summed E-state index contributed by atoms with van der Waals surface area (Å²) in [6, 6.07) is 7.88. The Morgan fingerprint density at radius 1 is 1.07 bits per heavy atom. The molecule has 2 aromatic heterocycles. The normalized spacial score (nSPS) is 14.2. The number of likely N-dealkylation sites (N-methyl/N-ethyl adjacent to an activating group) is 1. The fraction of sp³-hybridized carbons (Fsp3) is 0.500. The van der Waals surface area contributed by atoms with Crippen LogP contribution in [0.5, 0.6) is 0 Å². The van der Waals surface area contributed by atoms with Gasteiger partial charge in [0.2, 0.25) is 10.0 Å². The van der Waals surface area contributed by atoms with Crippen LogP contribution < -0.4 is 5.32 Å². The van der Waals surface area contributed by atoms with Gasteiger partial charge in [-0.25, -0.2) is 13.1 Å². The maximum absolute atomic E-state index is 13.7. The molecule has 1 aliphatic heterocycles. The van der Waals surface area contributed by atoms with Gasteiger partial charge in [-0.15, -0.1) is 11.3 Å². The predicted octanol–water partition coefficient (Wildman–Crippen LogP) is 5.18. The van der Waals surface area contributed by atoms with Gasteiger partial charge in [0.05, 0.1) is 16.2 Å². The largest absolute Gasteiger partial charge is 0.313 e. The lowest BCUT2D eigenvalue weighted by Crippen LogP contribution is -2.37. The third kappa shape index (κ3) is 6.80. The molecule has 1 amide bonds. The topological polar surface area (TPSA) is 105 Å². The molecule has 1 N–H and O–H groups in total. The number of nitrogens with one attached hydrogen (secondary N) is 1. The molecule has 0 saturated carbocycles. The smallest absolute Gasteiger partial charge is 0.281 e. The summed E-state index contributed by atoms with van der Waals surface area (Å²) >= 11 is 1.42. The van der Waals surface area contributed by atoms with Gasteiger partial charge in [0, 0.05) is 42.3 Å². The van der Waals surface area contributed by atoms with Crippen molar-refractivity contribution in [1.29, 1.82) is 0 Å². The fourth-order valence-electron chi connectivity index (χ4n) is 5.17. The van der Waals surface area contributed by atoms with Gasteiger partial charge >= 0.3 is 0 Å². The van der Waals surface area contributed by atoms with Crippen LogP contribution in [0.25, 0.3) is 0 Å². The molecule has 0 spiro atoms. The molecule has 0 saturated heterocycles. The first-order valence-corrected chi connectivity index (χ1v) is 16.4. The maximum Gasteiger partial charge on any atom is 0.281 e. The van der Waals surface area contributed by atoms with E-state index in [4.69, 9.17) is 0 Å². The highest BCUT2D eigenvalue weighted by atomic mass is 32.2. The minimum absolute atomic E-state index is 0.155. The van der Waals surface area contributed by atoms with E-state index in [9.17, 15) is 18.0 Å². The predicted molar refractivity (Wildman–Crippen MR) is 163 cm³/mol. The first-order valence-electron chi connectivity index (χ1n) is 14.2. The van der Waals surface area contributed by atoms with E-state index < -0.39 is 15.9 Å². The SMILES string of the molecule is CCN1CCc2c(sc(NC(=O)c3ccc(S(=O)(=O)N(CC(C)C)CC(C)C)cc3)c2C(=O)n2nc(C)cc2C)C1. The summed E-state index contributed by atoms with van der Waals surface area (Å²) < 4.78 is 29.7. The molecular formula is C30H41N5O4S2. The van der Waals surface area contributed by atoms with Gasteiger partial charge in [-0.3, -0.25) is 14.5 Å². The molecule has 3 heterocycles. The number of carbonyl (C=O) groups excluding carboxylic acids is 2. The molecule has 0 bridgehead atoms. The number of rotatable bonds is 10. The average molecular weight is 600 g/mol. The Balaban J connectivity index is 1.63. The number of fused-ring (bicyclic) bond motifs is 1. The minimum Gasteiger partial charge on any atom is -0.313 e. The standard InChI is InChI=1S/C30H41N5O4S2/c1-8-33-14-13-25-26(18-33)40-29(27(25)30(37)35-22(7)15-21(6)32-35)31-28(36)23-9-11-24(12-10-23)41(38,39)34(16-19(2)3)17-20(4)5/h9-12,15,19-20H,8,13-14,16-18H2,1-7H3,(H,31,36). The average Bonchev–Trinajstić information content (AvgIpc) is 3.44. The number of anilines is 1. The first kappa shape index (κ1) is 31.1. The summed E-state index contributed by atoms with van der Waals surface area (Å²) in [4.78, 5) is 30.7. The number of hydrogen-bond acceptors (Lipinski definition) is 7. The van der Waals surface area contributed by atoms with Crippen molar-refractivity contribution in [1.82, 2.24) is 19.0 Å². The first-order chi connectivity index (χ1) is 19.3. The third-order valence-electron chi connectivity index (χ3n) is 7.12. The summed E-state index contributed by atoms with van der Waals surface area (Å²) in [7, 11) is -3.71. The molecular weight excluding hydrogens is 558 g/mol. The summed E-state index contributed by atoms with van der Waals surface area (Å²) in [6.45, 7) is 17.1. The molecule has 1 aromatic carbocycles. The second-order valence-electron chi connectivity index (χ2n) is 11.6. The van der Waals surface area contributed by atoms with E-state index in [1.165, 1.54) is 44.6 Å². The fourth-order valence-corrected chi connectivity index (χ4v) is 8.21. The van der Waals surface area contributed by atoms with Gasteiger partial charge in [-0.2, -0.15) is 9.40 Å². The van der Waals surface area contributed by atoms with E-state index >= 15 is 0 Å². The molecule has 0 fully saturated rings. The molecule has 41 heavy (non-hydrogen) atoms. The number of carbonyl (C=O) groups is 2. The zero-order valence-corrected chi connectivity index (χ0v) is 26.7. The maximum atomic E-state index is 13.7. The summed E-state index contributed by atoms with van der Waals surface area (Å²) in [5.74, 6) is -0.296. The molecule has 9 nitrogen and oxygen atoms in total. The van der Waals surface area contributed by atoms with Crippen LogP contribution in [0.1, 0.15) is 77.2 Å². The Labute approximate surface area is 247 Å². The number of nitrogens with zero attached hydrogens (tertiary/aromatic N) is 4. The highest BCUT2D eigenvalue weighted by Gasteiger charge is 2.31. The zero-order valence-electron chi connectivity index (χ0n) is 25.0. The number of sulfonamides is 1. The minimum atomic E-state index is -3.71. The Morgan fingerprint density at radius 2 is 1.71 bits per heavy atom. The van der Waals surface area contributed by atoms with Gasteiger partial charge in [-0.1, -0.05) is 34.6 Å². The monoisotopic (exact) mass is 599 g/mol. The van der Waals surface area contributed by atoms with Crippen LogP contribution in [0.15, 0.2) is 35.2 Å². The van der Waals surface area contributed by atoms with Crippen molar-refractivity contribution in [2.24, 2.45) is 11.8 Å². The quantitative estimate of drug-likeness (QED) is 0.344. The molecule has 4 rings (SSSR count). The van der Waals surface area contributed by atoms with Crippen molar-refractivity contribution in [2.45, 2.75) is 66.3 Å². The van der Waals surface area contributed by atoms with Crippen molar-refractivity contribution in [2.75, 3.05) is 31.5 Å². The van der Waals surface area contributed by atoms with Crippen LogP contribution in [0, 0.1) is 25.7 Å². The number of benzene rings is 1. The third-order valence-corrected chi connectivity index (χ3v) is 10.1. The molecule has 11 heteroatoms. The number of hydrogen-bond donors (Lipinski definition) is 1. The second-order valence-corrected chi connectivity index (χ2v) is 14.6. The van der Waals surface area contributed by atoms with Gasteiger partial charge < -0.3 is 5.32 Å². The molecule has 222 valence electrons. The van der Waals surface area contributed by atoms with E-state index in [1.807, 2.05) is 47.6 Å². The Bertz CT molecular complexity index is 1510. The lowest BCUT2D eigenvalue weighted by Gasteiger charge is -2.25. The van der Waals surface area contributed by atoms with Crippen LogP contribution in [-0.2, 0) is 23.0 Å². The highest BCUT2D eigenvalue weighted by molar-refractivity contribution is 7.89. The van der Waals surface area contributed by atoms with Crippen LogP contribution in [-0.4, -0.2) is 65.4 Å². The summed E-state index contributed by atoms with van der Waals surface area (Å²) in [5, 5.41) is 7.85. The summed E-state index contributed by atoms with van der Waals surface area (Å²) in [5.41, 5.74) is 3.24. The Kier molecular flexibility index (Phi) is 9.52. The molecule has 0 unspecified atom stereocenters. The van der Waals surface area contributed by atoms with Crippen LogP contribution in [0.3, 0.4) is 0 Å². The lowest BCUT2D eigenvalue weighted by molar-refractivity contribution is 0.0942. The molecule has 0 aliphatic carbocycles. The number of aryl methyl sites for hydroxylation is 2. The van der Waals surface area contributed by atoms with Gasteiger partial charge in [0.15, 0.2) is 0 Å². The number of amides is 1. The van der Waals surface area contributed by atoms with Gasteiger partial charge in [-0.05, 0) is 74.5 Å². The van der Waals surface area contributed by atoms with Crippen molar-refractivity contribution in [3.8, 4) is 0 Å². The van der Waals surface area contributed by atoms with E-state index in [2.05, 4.69) is 22.2 Å². The second kappa shape index (κ2) is 12.6.